The zero-order valence-corrected chi connectivity index (χ0v) is 16.8. The number of carbonyl (C=O) groups excluding carboxylic acids is 1. The molecular formula is C21H19ClN6O. The summed E-state index contributed by atoms with van der Waals surface area (Å²) in [5.74, 6) is 0.188. The highest BCUT2D eigenvalue weighted by Gasteiger charge is 2.15. The number of nitrogens with zero attached hydrogens (tertiary/aromatic N) is 5. The average molecular weight is 407 g/mol. The fraction of sp³-hybridized carbons (Fsp3) is 0.143. The molecule has 1 amide bonds. The number of carbonyl (C=O) groups is 1. The van der Waals surface area contributed by atoms with Crippen molar-refractivity contribution >= 4 is 17.5 Å². The Balaban J connectivity index is 1.50. The second-order valence-corrected chi connectivity index (χ2v) is 7.06. The molecule has 1 N–H and O–H groups in total. The molecule has 3 aromatic heterocycles. The third-order valence-corrected chi connectivity index (χ3v) is 4.69. The molecule has 0 spiro atoms. The van der Waals surface area contributed by atoms with Gasteiger partial charge in [0.15, 0.2) is 5.82 Å². The van der Waals surface area contributed by atoms with E-state index in [-0.39, 0.29) is 16.6 Å². The SMILES string of the molecule is Cc1cc(C)n(-c2ccc(Cl)c(C(=O)NCc3cnn(-c4ccccc4)c3)n2)n1. The molecule has 4 rings (SSSR count). The fourth-order valence-electron chi connectivity index (χ4n) is 3.01. The topological polar surface area (TPSA) is 77.6 Å². The zero-order chi connectivity index (χ0) is 20.4. The van der Waals surface area contributed by atoms with Gasteiger partial charge in [0.05, 0.1) is 22.6 Å². The van der Waals surface area contributed by atoms with Gasteiger partial charge in [-0.1, -0.05) is 29.8 Å². The van der Waals surface area contributed by atoms with E-state index in [4.69, 9.17) is 11.6 Å². The first-order valence-corrected chi connectivity index (χ1v) is 9.46. The number of aryl methyl sites for hydroxylation is 2. The van der Waals surface area contributed by atoms with Crippen molar-refractivity contribution in [2.75, 3.05) is 0 Å². The van der Waals surface area contributed by atoms with Gasteiger partial charge in [-0.3, -0.25) is 4.79 Å². The highest BCUT2D eigenvalue weighted by atomic mass is 35.5. The molecule has 0 atom stereocenters. The minimum Gasteiger partial charge on any atom is -0.346 e. The van der Waals surface area contributed by atoms with Crippen molar-refractivity contribution in [1.82, 2.24) is 29.9 Å². The van der Waals surface area contributed by atoms with E-state index in [1.807, 2.05) is 56.4 Å². The average Bonchev–Trinajstić information content (AvgIpc) is 3.33. The zero-order valence-electron chi connectivity index (χ0n) is 16.0. The number of hydrogen-bond acceptors (Lipinski definition) is 4. The van der Waals surface area contributed by atoms with Crippen LogP contribution >= 0.6 is 11.6 Å². The van der Waals surface area contributed by atoms with Crippen LogP contribution in [-0.2, 0) is 6.54 Å². The fourth-order valence-corrected chi connectivity index (χ4v) is 3.20. The quantitative estimate of drug-likeness (QED) is 0.548. The molecule has 1 aromatic carbocycles. The van der Waals surface area contributed by atoms with Gasteiger partial charge < -0.3 is 5.32 Å². The summed E-state index contributed by atoms with van der Waals surface area (Å²) in [6, 6.07) is 15.1. The van der Waals surface area contributed by atoms with E-state index in [1.54, 1.807) is 27.7 Å². The van der Waals surface area contributed by atoms with Crippen molar-refractivity contribution in [3.63, 3.8) is 0 Å². The molecule has 0 unspecified atom stereocenters. The monoisotopic (exact) mass is 406 g/mol. The minimum absolute atomic E-state index is 0.159. The molecule has 0 aliphatic carbocycles. The number of benzene rings is 1. The summed E-state index contributed by atoms with van der Waals surface area (Å²) >= 11 is 6.22. The van der Waals surface area contributed by atoms with E-state index in [9.17, 15) is 4.79 Å². The first-order chi connectivity index (χ1) is 14.0. The number of amides is 1. The maximum Gasteiger partial charge on any atom is 0.271 e. The van der Waals surface area contributed by atoms with Crippen LogP contribution in [-0.4, -0.2) is 30.5 Å². The molecule has 0 bridgehead atoms. The van der Waals surface area contributed by atoms with Crippen LogP contribution in [0, 0.1) is 13.8 Å². The molecule has 146 valence electrons. The van der Waals surface area contributed by atoms with E-state index in [0.29, 0.717) is 12.4 Å². The summed E-state index contributed by atoms with van der Waals surface area (Å²) in [4.78, 5) is 17.1. The van der Waals surface area contributed by atoms with Crippen molar-refractivity contribution in [2.24, 2.45) is 0 Å². The second kappa shape index (κ2) is 7.89. The highest BCUT2D eigenvalue weighted by Crippen LogP contribution is 2.18. The van der Waals surface area contributed by atoms with Crippen LogP contribution < -0.4 is 5.32 Å². The highest BCUT2D eigenvalue weighted by molar-refractivity contribution is 6.33. The number of aromatic nitrogens is 5. The maximum absolute atomic E-state index is 12.7. The molecule has 7 nitrogen and oxygen atoms in total. The Bertz CT molecular complexity index is 1170. The van der Waals surface area contributed by atoms with Gasteiger partial charge in [0, 0.05) is 24.0 Å². The van der Waals surface area contributed by atoms with Gasteiger partial charge in [-0.25, -0.2) is 14.3 Å². The number of rotatable bonds is 5. The van der Waals surface area contributed by atoms with Crippen molar-refractivity contribution in [2.45, 2.75) is 20.4 Å². The van der Waals surface area contributed by atoms with Crippen LogP contribution in [0.4, 0.5) is 0 Å². The Morgan fingerprint density at radius 3 is 2.66 bits per heavy atom. The molecule has 8 heteroatoms. The predicted molar refractivity (Wildman–Crippen MR) is 111 cm³/mol. The lowest BCUT2D eigenvalue weighted by atomic mass is 10.3. The van der Waals surface area contributed by atoms with Crippen LogP contribution in [0.3, 0.4) is 0 Å². The van der Waals surface area contributed by atoms with E-state index < -0.39 is 0 Å². The number of pyridine rings is 1. The Morgan fingerprint density at radius 1 is 1.14 bits per heavy atom. The van der Waals surface area contributed by atoms with E-state index in [2.05, 4.69) is 20.5 Å². The molecular weight excluding hydrogens is 388 g/mol. The Hall–Kier alpha value is -3.45. The van der Waals surface area contributed by atoms with Crippen LogP contribution in [0.1, 0.15) is 27.4 Å². The van der Waals surface area contributed by atoms with E-state index in [1.165, 1.54) is 0 Å². The van der Waals surface area contributed by atoms with Gasteiger partial charge in [-0.05, 0) is 44.2 Å². The van der Waals surface area contributed by atoms with Crippen molar-refractivity contribution in [1.29, 1.82) is 0 Å². The molecule has 0 aliphatic heterocycles. The lowest BCUT2D eigenvalue weighted by Crippen LogP contribution is -2.24. The molecule has 4 aromatic rings. The van der Waals surface area contributed by atoms with Crippen molar-refractivity contribution < 1.29 is 4.79 Å². The number of hydrogen-bond donors (Lipinski definition) is 1. The van der Waals surface area contributed by atoms with Crippen molar-refractivity contribution in [3.05, 3.63) is 88.6 Å². The van der Waals surface area contributed by atoms with Gasteiger partial charge in [0.2, 0.25) is 0 Å². The van der Waals surface area contributed by atoms with Gasteiger partial charge >= 0.3 is 0 Å². The van der Waals surface area contributed by atoms with Gasteiger partial charge in [0.1, 0.15) is 5.69 Å². The van der Waals surface area contributed by atoms with Crippen LogP contribution in [0.2, 0.25) is 5.02 Å². The predicted octanol–water partition coefficient (Wildman–Crippen LogP) is 3.65. The molecule has 0 aliphatic rings. The largest absolute Gasteiger partial charge is 0.346 e. The summed E-state index contributed by atoms with van der Waals surface area (Å²) in [6.07, 6.45) is 3.59. The number of halogens is 1. The van der Waals surface area contributed by atoms with Gasteiger partial charge in [0.25, 0.3) is 5.91 Å². The summed E-state index contributed by atoms with van der Waals surface area (Å²) in [6.45, 7) is 4.15. The van der Waals surface area contributed by atoms with Crippen molar-refractivity contribution in [3.8, 4) is 11.5 Å². The first-order valence-electron chi connectivity index (χ1n) is 9.08. The lowest BCUT2D eigenvalue weighted by Gasteiger charge is -2.08. The maximum atomic E-state index is 12.7. The molecule has 0 saturated carbocycles. The third-order valence-electron chi connectivity index (χ3n) is 4.38. The number of nitrogens with one attached hydrogen (secondary N) is 1. The van der Waals surface area contributed by atoms with Crippen LogP contribution in [0.15, 0.2) is 60.9 Å². The smallest absolute Gasteiger partial charge is 0.271 e. The summed E-state index contributed by atoms with van der Waals surface area (Å²) in [5, 5.41) is 11.9. The lowest BCUT2D eigenvalue weighted by molar-refractivity contribution is 0.0946. The molecule has 0 fully saturated rings. The molecule has 0 saturated heterocycles. The Morgan fingerprint density at radius 2 is 1.93 bits per heavy atom. The van der Waals surface area contributed by atoms with Gasteiger partial charge in [-0.15, -0.1) is 0 Å². The minimum atomic E-state index is -0.356. The molecule has 0 radical (unpaired) electrons. The van der Waals surface area contributed by atoms with E-state index in [0.717, 1.165) is 22.6 Å². The summed E-state index contributed by atoms with van der Waals surface area (Å²) in [7, 11) is 0. The molecule has 29 heavy (non-hydrogen) atoms. The normalized spacial score (nSPS) is 10.9. The Labute approximate surface area is 173 Å². The first kappa shape index (κ1) is 18.9. The number of para-hydroxylation sites is 1. The standard InChI is InChI=1S/C21H19ClN6O/c1-14-10-15(2)28(26-14)19-9-8-18(22)20(25-19)21(29)23-11-16-12-24-27(13-16)17-6-4-3-5-7-17/h3-10,12-13H,11H2,1-2H3,(H,23,29). The molecule has 3 heterocycles. The Kier molecular flexibility index (Phi) is 5.14. The van der Waals surface area contributed by atoms with Crippen LogP contribution in [0.5, 0.6) is 0 Å². The van der Waals surface area contributed by atoms with Crippen LogP contribution in [0.25, 0.3) is 11.5 Å². The van der Waals surface area contributed by atoms with Gasteiger partial charge in [-0.2, -0.15) is 10.2 Å². The van der Waals surface area contributed by atoms with E-state index >= 15 is 0 Å². The summed E-state index contributed by atoms with van der Waals surface area (Å²) in [5.41, 5.74) is 3.78. The second-order valence-electron chi connectivity index (χ2n) is 6.65. The third kappa shape index (κ3) is 4.05. The summed E-state index contributed by atoms with van der Waals surface area (Å²) < 4.78 is 3.45.